The third-order valence-electron chi connectivity index (χ3n) is 3.47. The Bertz CT molecular complexity index is 405. The number of rotatable bonds is 3. The van der Waals surface area contributed by atoms with Crippen molar-refractivity contribution in [3.8, 4) is 0 Å². The number of hydrogen-bond donors (Lipinski definition) is 0. The van der Waals surface area contributed by atoms with Crippen LogP contribution in [0.25, 0.3) is 0 Å². The van der Waals surface area contributed by atoms with E-state index in [0.717, 1.165) is 6.54 Å². The molecule has 1 heterocycles. The van der Waals surface area contributed by atoms with Gasteiger partial charge in [-0.05, 0) is 12.5 Å². The first-order valence-corrected chi connectivity index (χ1v) is 6.26. The lowest BCUT2D eigenvalue weighted by Crippen LogP contribution is -2.28. The molecule has 1 aliphatic rings. The largest absolute Gasteiger partial charge is 0.297 e. The zero-order valence-electron chi connectivity index (χ0n) is 11.1. The molecule has 17 heavy (non-hydrogen) atoms. The normalized spacial score (nSPS) is 25.4. The molecule has 92 valence electrons. The van der Waals surface area contributed by atoms with Crippen LogP contribution in [0.3, 0.4) is 0 Å². The van der Waals surface area contributed by atoms with Gasteiger partial charge in [0.2, 0.25) is 0 Å². The van der Waals surface area contributed by atoms with Crippen LogP contribution in [0.5, 0.6) is 0 Å². The standard InChI is InChI=1S/C15H21NO/c1-11(12-8-6-5-7-9-12)16-10-13(16)14(17)15(2,3)4/h5-9,11,13H,10H2,1-4H3/t11-,13+,16?/m1/s1. The lowest BCUT2D eigenvalue weighted by atomic mass is 9.89. The molecule has 1 aromatic carbocycles. The van der Waals surface area contributed by atoms with E-state index in [4.69, 9.17) is 0 Å². The maximum Gasteiger partial charge on any atom is 0.156 e. The highest BCUT2D eigenvalue weighted by atomic mass is 16.1. The minimum absolute atomic E-state index is 0.130. The van der Waals surface area contributed by atoms with Crippen molar-refractivity contribution in [3.63, 3.8) is 0 Å². The van der Waals surface area contributed by atoms with Crippen LogP contribution in [0.2, 0.25) is 0 Å². The third-order valence-corrected chi connectivity index (χ3v) is 3.47. The molecule has 1 fully saturated rings. The molecule has 1 aliphatic heterocycles. The average molecular weight is 231 g/mol. The molecular formula is C15H21NO. The summed E-state index contributed by atoms with van der Waals surface area (Å²) < 4.78 is 0. The predicted molar refractivity (Wildman–Crippen MR) is 69.8 cm³/mol. The van der Waals surface area contributed by atoms with Crippen LogP contribution in [0.15, 0.2) is 30.3 Å². The first kappa shape index (κ1) is 12.3. The van der Waals surface area contributed by atoms with Gasteiger partial charge in [-0.1, -0.05) is 51.1 Å². The summed E-state index contributed by atoms with van der Waals surface area (Å²) in [5.74, 6) is 0.361. The van der Waals surface area contributed by atoms with E-state index in [1.54, 1.807) is 0 Å². The monoisotopic (exact) mass is 231 g/mol. The van der Waals surface area contributed by atoms with Crippen LogP contribution >= 0.6 is 0 Å². The number of hydrogen-bond acceptors (Lipinski definition) is 2. The lowest BCUT2D eigenvalue weighted by Gasteiger charge is -2.19. The maximum atomic E-state index is 12.1. The van der Waals surface area contributed by atoms with E-state index in [-0.39, 0.29) is 11.5 Å². The number of ketones is 1. The Labute approximate surface area is 104 Å². The molecule has 2 heteroatoms. The van der Waals surface area contributed by atoms with E-state index in [9.17, 15) is 4.79 Å². The third kappa shape index (κ3) is 2.58. The van der Waals surface area contributed by atoms with Crippen molar-refractivity contribution in [2.24, 2.45) is 5.41 Å². The Morgan fingerprint density at radius 1 is 1.29 bits per heavy atom. The topological polar surface area (TPSA) is 20.1 Å². The number of carbonyl (C=O) groups is 1. The van der Waals surface area contributed by atoms with Gasteiger partial charge in [0.1, 0.15) is 0 Å². The zero-order valence-corrected chi connectivity index (χ0v) is 11.1. The first-order chi connectivity index (χ1) is 7.91. The molecule has 0 aromatic heterocycles. The Morgan fingerprint density at radius 3 is 2.41 bits per heavy atom. The molecule has 2 rings (SSSR count). The van der Waals surface area contributed by atoms with Crippen molar-refractivity contribution in [2.45, 2.75) is 39.8 Å². The summed E-state index contributed by atoms with van der Waals surface area (Å²) in [6, 6.07) is 10.9. The number of carbonyl (C=O) groups excluding carboxylic acids is 1. The van der Waals surface area contributed by atoms with Gasteiger partial charge in [-0.2, -0.15) is 0 Å². The molecule has 0 radical (unpaired) electrons. The molecule has 2 nitrogen and oxygen atoms in total. The van der Waals surface area contributed by atoms with Crippen molar-refractivity contribution in [1.82, 2.24) is 4.90 Å². The SMILES string of the molecule is C[C@H](c1ccccc1)N1C[C@H]1C(=O)C(C)(C)C. The predicted octanol–water partition coefficient (Wildman–Crippen LogP) is 3.05. The van der Waals surface area contributed by atoms with Gasteiger partial charge in [-0.25, -0.2) is 0 Å². The number of nitrogens with zero attached hydrogens (tertiary/aromatic N) is 1. The van der Waals surface area contributed by atoms with Crippen LogP contribution < -0.4 is 0 Å². The van der Waals surface area contributed by atoms with Crippen molar-refractivity contribution >= 4 is 5.78 Å². The molecule has 0 aliphatic carbocycles. The fraction of sp³-hybridized carbons (Fsp3) is 0.533. The minimum atomic E-state index is -0.226. The van der Waals surface area contributed by atoms with Gasteiger partial charge in [0.15, 0.2) is 5.78 Å². The average Bonchev–Trinajstić information content (AvgIpc) is 3.07. The molecule has 1 unspecified atom stereocenters. The second kappa shape index (κ2) is 4.26. The summed E-state index contributed by atoms with van der Waals surface area (Å²) in [4.78, 5) is 14.4. The van der Waals surface area contributed by atoms with Gasteiger partial charge < -0.3 is 0 Å². The first-order valence-electron chi connectivity index (χ1n) is 6.26. The minimum Gasteiger partial charge on any atom is -0.297 e. The van der Waals surface area contributed by atoms with Gasteiger partial charge in [0.25, 0.3) is 0 Å². The summed E-state index contributed by atoms with van der Waals surface area (Å²) >= 11 is 0. The second-order valence-corrected chi connectivity index (χ2v) is 5.91. The van der Waals surface area contributed by atoms with Gasteiger partial charge in [-0.3, -0.25) is 9.69 Å². The Morgan fingerprint density at radius 2 is 1.88 bits per heavy atom. The maximum absolute atomic E-state index is 12.1. The zero-order chi connectivity index (χ0) is 12.6. The Hall–Kier alpha value is -1.15. The Kier molecular flexibility index (Phi) is 3.09. The smallest absolute Gasteiger partial charge is 0.156 e. The molecule has 0 N–H and O–H groups in total. The molecule has 0 saturated carbocycles. The highest BCUT2D eigenvalue weighted by molar-refractivity contribution is 5.91. The van der Waals surface area contributed by atoms with Crippen molar-refractivity contribution in [2.75, 3.05) is 6.54 Å². The summed E-state index contributed by atoms with van der Waals surface area (Å²) in [6.45, 7) is 9.08. The van der Waals surface area contributed by atoms with Crippen LogP contribution in [-0.4, -0.2) is 23.3 Å². The molecule has 1 aromatic rings. The molecule has 1 saturated heterocycles. The second-order valence-electron chi connectivity index (χ2n) is 5.91. The summed E-state index contributed by atoms with van der Waals surface area (Å²) in [5.41, 5.74) is 1.06. The molecule has 0 spiro atoms. The van der Waals surface area contributed by atoms with E-state index in [2.05, 4.69) is 36.1 Å². The molecule has 3 atom stereocenters. The van der Waals surface area contributed by atoms with E-state index in [1.165, 1.54) is 5.56 Å². The van der Waals surface area contributed by atoms with Crippen molar-refractivity contribution in [3.05, 3.63) is 35.9 Å². The van der Waals surface area contributed by atoms with Crippen LogP contribution in [-0.2, 0) is 4.79 Å². The summed E-state index contributed by atoms with van der Waals surface area (Å²) in [6.07, 6.45) is 0. The van der Waals surface area contributed by atoms with Crippen molar-refractivity contribution in [1.29, 1.82) is 0 Å². The van der Waals surface area contributed by atoms with Gasteiger partial charge in [-0.15, -0.1) is 0 Å². The van der Waals surface area contributed by atoms with Crippen LogP contribution in [0, 0.1) is 5.41 Å². The molecular weight excluding hydrogens is 210 g/mol. The summed E-state index contributed by atoms with van der Waals surface area (Å²) in [5, 5.41) is 0. The summed E-state index contributed by atoms with van der Waals surface area (Å²) in [7, 11) is 0. The van der Waals surface area contributed by atoms with Crippen LogP contribution in [0.1, 0.15) is 39.3 Å². The highest BCUT2D eigenvalue weighted by Gasteiger charge is 2.46. The quantitative estimate of drug-likeness (QED) is 0.745. The van der Waals surface area contributed by atoms with Crippen molar-refractivity contribution < 1.29 is 4.79 Å². The fourth-order valence-electron chi connectivity index (χ4n) is 2.24. The van der Waals surface area contributed by atoms with E-state index in [0.29, 0.717) is 11.8 Å². The molecule has 0 bridgehead atoms. The molecule has 0 amide bonds. The highest BCUT2D eigenvalue weighted by Crippen LogP contribution is 2.35. The fourth-order valence-corrected chi connectivity index (χ4v) is 2.24. The number of benzene rings is 1. The van der Waals surface area contributed by atoms with Gasteiger partial charge in [0.05, 0.1) is 6.04 Å². The number of Topliss-reactive ketones (excluding diaryl/α,β-unsaturated/α-hetero) is 1. The van der Waals surface area contributed by atoms with Gasteiger partial charge in [0, 0.05) is 18.0 Å². The van der Waals surface area contributed by atoms with E-state index in [1.807, 2.05) is 26.8 Å². The Balaban J connectivity index is 2.02. The van der Waals surface area contributed by atoms with Crippen LogP contribution in [0.4, 0.5) is 0 Å². The van der Waals surface area contributed by atoms with E-state index < -0.39 is 0 Å². The van der Waals surface area contributed by atoms with E-state index >= 15 is 0 Å². The lowest BCUT2D eigenvalue weighted by molar-refractivity contribution is -0.126. The van der Waals surface area contributed by atoms with Gasteiger partial charge >= 0.3 is 0 Å².